The Hall–Kier alpha value is -1.73. The Morgan fingerprint density at radius 2 is 2.26 bits per heavy atom. The van der Waals surface area contributed by atoms with Gasteiger partial charge >= 0.3 is 0 Å². The number of halogens is 1. The third-order valence-corrected chi connectivity index (χ3v) is 2.54. The van der Waals surface area contributed by atoms with Gasteiger partial charge in [-0.25, -0.2) is 4.39 Å². The van der Waals surface area contributed by atoms with E-state index in [0.717, 1.165) is 0 Å². The molecule has 0 aliphatic heterocycles. The average Bonchev–Trinajstić information content (AvgIpc) is 2.36. The van der Waals surface area contributed by atoms with Crippen LogP contribution in [0.15, 0.2) is 18.2 Å². The van der Waals surface area contributed by atoms with Crippen molar-refractivity contribution < 1.29 is 13.9 Å². The molecule has 1 amide bonds. The van der Waals surface area contributed by atoms with Crippen LogP contribution in [0.25, 0.3) is 0 Å². The van der Waals surface area contributed by atoms with Crippen molar-refractivity contribution in [1.82, 2.24) is 5.32 Å². The first-order chi connectivity index (χ1) is 9.04. The van der Waals surface area contributed by atoms with Crippen molar-refractivity contribution in [3.8, 4) is 0 Å². The number of rotatable bonds is 7. The second kappa shape index (κ2) is 7.65. The molecular weight excluding hydrogens is 269 g/mol. The number of nitrogens with two attached hydrogens (primary N) is 1. The largest absolute Gasteiger partial charge is 0.389 e. The maximum Gasteiger partial charge on any atom is 0.239 e. The predicted molar refractivity (Wildman–Crippen MR) is 75.7 cm³/mol. The Balaban J connectivity index is 2.48. The van der Waals surface area contributed by atoms with Crippen LogP contribution >= 0.6 is 12.2 Å². The van der Waals surface area contributed by atoms with E-state index in [1.54, 1.807) is 13.2 Å². The van der Waals surface area contributed by atoms with Crippen LogP contribution in [-0.4, -0.2) is 37.7 Å². The number of carbonyl (C=O) groups is 1. The van der Waals surface area contributed by atoms with E-state index < -0.39 is 5.82 Å². The second-order valence-electron chi connectivity index (χ2n) is 3.76. The molecule has 0 aliphatic carbocycles. The SMILES string of the molecule is COCCNC(=O)CNc1ccc(C(N)=S)c(F)c1. The Bertz CT molecular complexity index is 468. The molecule has 1 aromatic rings. The molecule has 104 valence electrons. The molecule has 0 radical (unpaired) electrons. The minimum absolute atomic E-state index is 0.00126. The maximum atomic E-state index is 13.5. The molecule has 0 unspecified atom stereocenters. The molecule has 1 rings (SSSR count). The Morgan fingerprint density at radius 3 is 2.84 bits per heavy atom. The fourth-order valence-electron chi connectivity index (χ4n) is 1.36. The van der Waals surface area contributed by atoms with Crippen LogP contribution in [0.4, 0.5) is 10.1 Å². The van der Waals surface area contributed by atoms with Gasteiger partial charge in [0.2, 0.25) is 5.91 Å². The lowest BCUT2D eigenvalue weighted by Gasteiger charge is -2.08. The molecule has 0 bridgehead atoms. The van der Waals surface area contributed by atoms with Gasteiger partial charge in [0, 0.05) is 24.9 Å². The molecule has 0 aromatic heterocycles. The summed E-state index contributed by atoms with van der Waals surface area (Å²) in [5.41, 5.74) is 6.02. The van der Waals surface area contributed by atoms with Crippen molar-refractivity contribution in [2.75, 3.05) is 32.1 Å². The summed E-state index contributed by atoms with van der Waals surface area (Å²) in [5.74, 6) is -0.715. The van der Waals surface area contributed by atoms with E-state index in [4.69, 9.17) is 22.7 Å². The highest BCUT2D eigenvalue weighted by molar-refractivity contribution is 7.80. The van der Waals surface area contributed by atoms with Crippen molar-refractivity contribution >= 4 is 28.8 Å². The number of methoxy groups -OCH3 is 1. The van der Waals surface area contributed by atoms with Crippen LogP contribution in [0.5, 0.6) is 0 Å². The van der Waals surface area contributed by atoms with Crippen LogP contribution in [0.2, 0.25) is 0 Å². The minimum atomic E-state index is -0.516. The van der Waals surface area contributed by atoms with Gasteiger partial charge in [-0.05, 0) is 18.2 Å². The predicted octanol–water partition coefficient (Wildman–Crippen LogP) is 0.634. The Kier molecular flexibility index (Phi) is 6.17. The highest BCUT2D eigenvalue weighted by Gasteiger charge is 2.06. The van der Waals surface area contributed by atoms with Crippen LogP contribution in [0, 0.1) is 5.82 Å². The molecule has 5 nitrogen and oxygen atoms in total. The van der Waals surface area contributed by atoms with Gasteiger partial charge in [0.15, 0.2) is 0 Å². The number of nitrogens with one attached hydrogen (secondary N) is 2. The highest BCUT2D eigenvalue weighted by Crippen LogP contribution is 2.14. The minimum Gasteiger partial charge on any atom is -0.389 e. The smallest absolute Gasteiger partial charge is 0.239 e. The van der Waals surface area contributed by atoms with Crippen molar-refractivity contribution in [3.05, 3.63) is 29.6 Å². The molecule has 1 aromatic carbocycles. The fraction of sp³-hybridized carbons (Fsp3) is 0.333. The van der Waals surface area contributed by atoms with E-state index in [1.807, 2.05) is 0 Å². The molecule has 0 spiro atoms. The second-order valence-corrected chi connectivity index (χ2v) is 4.20. The zero-order chi connectivity index (χ0) is 14.3. The van der Waals surface area contributed by atoms with Gasteiger partial charge in [0.05, 0.1) is 13.2 Å². The summed E-state index contributed by atoms with van der Waals surface area (Å²) >= 11 is 4.70. The molecule has 0 fully saturated rings. The van der Waals surface area contributed by atoms with Gasteiger partial charge in [0.25, 0.3) is 0 Å². The lowest BCUT2D eigenvalue weighted by molar-refractivity contribution is -0.119. The first-order valence-corrected chi connectivity index (χ1v) is 6.04. The topological polar surface area (TPSA) is 76.4 Å². The summed E-state index contributed by atoms with van der Waals surface area (Å²) in [6.45, 7) is 0.935. The molecule has 0 aliphatic rings. The highest BCUT2D eigenvalue weighted by atomic mass is 32.1. The monoisotopic (exact) mass is 285 g/mol. The molecule has 4 N–H and O–H groups in total. The van der Waals surface area contributed by atoms with E-state index in [9.17, 15) is 9.18 Å². The first-order valence-electron chi connectivity index (χ1n) is 5.63. The zero-order valence-electron chi connectivity index (χ0n) is 10.5. The molecule has 19 heavy (non-hydrogen) atoms. The number of thiocarbonyl (C=S) groups is 1. The first kappa shape index (κ1) is 15.3. The zero-order valence-corrected chi connectivity index (χ0v) is 11.3. The van der Waals surface area contributed by atoms with E-state index in [1.165, 1.54) is 12.1 Å². The Morgan fingerprint density at radius 1 is 1.53 bits per heavy atom. The van der Waals surface area contributed by atoms with Gasteiger partial charge in [-0.1, -0.05) is 12.2 Å². The third-order valence-electron chi connectivity index (χ3n) is 2.32. The molecule has 0 heterocycles. The number of amides is 1. The third kappa shape index (κ3) is 5.19. The van der Waals surface area contributed by atoms with E-state index >= 15 is 0 Å². The van der Waals surface area contributed by atoms with Gasteiger partial charge in [-0.3, -0.25) is 4.79 Å². The van der Waals surface area contributed by atoms with E-state index in [2.05, 4.69) is 10.6 Å². The van der Waals surface area contributed by atoms with E-state index in [-0.39, 0.29) is 23.0 Å². The maximum absolute atomic E-state index is 13.5. The molecule has 7 heteroatoms. The number of anilines is 1. The van der Waals surface area contributed by atoms with Crippen molar-refractivity contribution in [3.63, 3.8) is 0 Å². The van der Waals surface area contributed by atoms with Crippen molar-refractivity contribution in [1.29, 1.82) is 0 Å². The average molecular weight is 285 g/mol. The van der Waals surface area contributed by atoms with Gasteiger partial charge in [0.1, 0.15) is 10.8 Å². The fourth-order valence-corrected chi connectivity index (χ4v) is 1.53. The summed E-state index contributed by atoms with van der Waals surface area (Å²) in [5, 5.41) is 5.44. The van der Waals surface area contributed by atoms with Crippen molar-refractivity contribution in [2.24, 2.45) is 5.73 Å². The Labute approximate surface area is 116 Å². The normalized spacial score (nSPS) is 10.0. The lowest BCUT2D eigenvalue weighted by Crippen LogP contribution is -2.32. The van der Waals surface area contributed by atoms with Crippen LogP contribution in [-0.2, 0) is 9.53 Å². The number of ether oxygens (including phenoxy) is 1. The summed E-state index contributed by atoms with van der Waals surface area (Å²) in [4.78, 5) is 11.4. The lowest BCUT2D eigenvalue weighted by atomic mass is 10.2. The van der Waals surface area contributed by atoms with Crippen LogP contribution in [0.3, 0.4) is 0 Å². The molecule has 0 atom stereocenters. The number of carbonyl (C=O) groups excluding carboxylic acids is 1. The molecule has 0 saturated carbocycles. The van der Waals surface area contributed by atoms with Gasteiger partial charge in [-0.2, -0.15) is 0 Å². The summed E-state index contributed by atoms with van der Waals surface area (Å²) < 4.78 is 18.3. The molecular formula is C12H16FN3O2S. The molecule has 0 saturated heterocycles. The standard InChI is InChI=1S/C12H16FN3O2S/c1-18-5-4-15-11(17)7-16-8-2-3-9(12(14)19)10(13)6-8/h2-3,6,16H,4-5,7H2,1H3,(H2,14,19)(H,15,17). The van der Waals surface area contributed by atoms with Gasteiger partial charge in [-0.15, -0.1) is 0 Å². The quantitative estimate of drug-likeness (QED) is 0.506. The van der Waals surface area contributed by atoms with E-state index in [0.29, 0.717) is 18.8 Å². The summed E-state index contributed by atoms with van der Waals surface area (Å²) in [6, 6.07) is 4.33. The van der Waals surface area contributed by atoms with Crippen LogP contribution in [0.1, 0.15) is 5.56 Å². The van der Waals surface area contributed by atoms with Gasteiger partial charge < -0.3 is 21.1 Å². The van der Waals surface area contributed by atoms with Crippen LogP contribution < -0.4 is 16.4 Å². The summed E-state index contributed by atoms with van der Waals surface area (Å²) in [7, 11) is 1.55. The van der Waals surface area contributed by atoms with Crippen molar-refractivity contribution in [2.45, 2.75) is 0 Å². The summed E-state index contributed by atoms with van der Waals surface area (Å²) in [6.07, 6.45) is 0. The number of hydrogen-bond donors (Lipinski definition) is 3. The number of benzene rings is 1. The number of hydrogen-bond acceptors (Lipinski definition) is 4.